The fourth-order valence-corrected chi connectivity index (χ4v) is 2.78. The molecule has 0 radical (unpaired) electrons. The summed E-state index contributed by atoms with van der Waals surface area (Å²) in [5.41, 5.74) is 10.7. The van der Waals surface area contributed by atoms with Crippen molar-refractivity contribution in [1.29, 1.82) is 0 Å². The van der Waals surface area contributed by atoms with E-state index >= 15 is 0 Å². The number of imidazole rings is 1. The normalized spacial score (nSPS) is 11.1. The minimum atomic E-state index is 0. The topological polar surface area (TPSA) is 68.2 Å². The second kappa shape index (κ2) is 10.1. The molecule has 0 atom stereocenters. The van der Waals surface area contributed by atoms with Gasteiger partial charge in [0.15, 0.2) is 5.96 Å². The zero-order valence-electron chi connectivity index (χ0n) is 15.7. The summed E-state index contributed by atoms with van der Waals surface area (Å²) in [6.45, 7) is 5.58. The second-order valence-electron chi connectivity index (χ2n) is 6.40. The van der Waals surface area contributed by atoms with Crippen molar-refractivity contribution < 1.29 is 0 Å². The third kappa shape index (κ3) is 6.09. The lowest BCUT2D eigenvalue weighted by Crippen LogP contribution is -2.23. The fourth-order valence-electron chi connectivity index (χ4n) is 2.78. The number of hydrogen-bond acceptors (Lipinski definition) is 2. The summed E-state index contributed by atoms with van der Waals surface area (Å²) in [5, 5.41) is 3.15. The predicted octanol–water partition coefficient (Wildman–Crippen LogP) is 4.14. The number of hydrogen-bond donors (Lipinski definition) is 2. The van der Waals surface area contributed by atoms with Gasteiger partial charge in [-0.3, -0.25) is 4.99 Å². The van der Waals surface area contributed by atoms with Gasteiger partial charge in [-0.15, -0.1) is 24.0 Å². The zero-order chi connectivity index (χ0) is 18.4. The van der Waals surface area contributed by atoms with Gasteiger partial charge < -0.3 is 15.6 Å². The van der Waals surface area contributed by atoms with Crippen LogP contribution in [0.25, 0.3) is 0 Å². The second-order valence-corrected chi connectivity index (χ2v) is 6.40. The van der Waals surface area contributed by atoms with Crippen LogP contribution in [0.2, 0.25) is 0 Å². The van der Waals surface area contributed by atoms with E-state index in [9.17, 15) is 0 Å². The number of nitrogens with two attached hydrogens (primary N) is 1. The quantitative estimate of drug-likeness (QED) is 0.320. The van der Waals surface area contributed by atoms with Gasteiger partial charge in [-0.25, -0.2) is 4.98 Å². The number of aliphatic imine (C=N–C) groups is 1. The first-order chi connectivity index (χ1) is 12.6. The van der Waals surface area contributed by atoms with Gasteiger partial charge in [0.25, 0.3) is 0 Å². The Morgan fingerprint density at radius 1 is 1.11 bits per heavy atom. The van der Waals surface area contributed by atoms with E-state index in [1.165, 1.54) is 16.7 Å². The zero-order valence-corrected chi connectivity index (χ0v) is 18.1. The van der Waals surface area contributed by atoms with Gasteiger partial charge in [-0.2, -0.15) is 0 Å². The van der Waals surface area contributed by atoms with E-state index in [1.54, 1.807) is 0 Å². The van der Waals surface area contributed by atoms with Gasteiger partial charge in [-0.05, 0) is 42.7 Å². The summed E-state index contributed by atoms with van der Waals surface area (Å²) >= 11 is 0. The minimum absolute atomic E-state index is 0. The molecule has 27 heavy (non-hydrogen) atoms. The van der Waals surface area contributed by atoms with E-state index in [4.69, 9.17) is 5.73 Å². The van der Waals surface area contributed by atoms with E-state index in [2.05, 4.69) is 70.1 Å². The van der Waals surface area contributed by atoms with Crippen LogP contribution in [0, 0.1) is 13.8 Å². The van der Waals surface area contributed by atoms with Gasteiger partial charge in [0.05, 0.1) is 0 Å². The van der Waals surface area contributed by atoms with E-state index in [1.807, 2.05) is 24.5 Å². The number of nitrogens with zero attached hydrogens (tertiary/aromatic N) is 3. The molecule has 2 aromatic carbocycles. The van der Waals surface area contributed by atoms with E-state index < -0.39 is 0 Å². The number of nitrogens with one attached hydrogen (secondary N) is 1. The molecule has 0 aliphatic rings. The van der Waals surface area contributed by atoms with Gasteiger partial charge in [0.2, 0.25) is 0 Å². The van der Waals surface area contributed by atoms with Crippen LogP contribution < -0.4 is 11.1 Å². The summed E-state index contributed by atoms with van der Waals surface area (Å²) in [6, 6.07) is 16.5. The molecule has 1 aromatic heterocycles. The molecule has 3 N–H and O–H groups in total. The molecule has 0 saturated heterocycles. The first-order valence-electron chi connectivity index (χ1n) is 8.80. The minimum Gasteiger partial charge on any atom is -0.370 e. The Hall–Kier alpha value is -2.35. The molecule has 5 nitrogen and oxygen atoms in total. The summed E-state index contributed by atoms with van der Waals surface area (Å²) in [7, 11) is 0. The number of halogens is 1. The van der Waals surface area contributed by atoms with E-state index in [0.717, 1.165) is 24.5 Å². The van der Waals surface area contributed by atoms with Crippen LogP contribution in [0.15, 0.2) is 65.9 Å². The van der Waals surface area contributed by atoms with Crippen LogP contribution in [0.4, 0.5) is 5.69 Å². The van der Waals surface area contributed by atoms with Gasteiger partial charge in [-0.1, -0.05) is 36.4 Å². The Bertz CT molecular complexity index is 887. The SMILES string of the molecule is Cc1ccc(NC(N)=NCCc2nccn2Cc2ccccc2)cc1C.I. The highest BCUT2D eigenvalue weighted by Gasteiger charge is 2.04. The molecule has 0 fully saturated rings. The van der Waals surface area contributed by atoms with Gasteiger partial charge >= 0.3 is 0 Å². The van der Waals surface area contributed by atoms with Gasteiger partial charge in [0.1, 0.15) is 5.82 Å². The number of aromatic nitrogens is 2. The maximum atomic E-state index is 6.01. The lowest BCUT2D eigenvalue weighted by atomic mass is 10.1. The highest BCUT2D eigenvalue weighted by Crippen LogP contribution is 2.13. The van der Waals surface area contributed by atoms with Crippen LogP contribution in [-0.4, -0.2) is 22.1 Å². The predicted molar refractivity (Wildman–Crippen MR) is 123 cm³/mol. The average molecular weight is 475 g/mol. The summed E-state index contributed by atoms with van der Waals surface area (Å²) in [4.78, 5) is 8.87. The molecule has 0 amide bonds. The molecule has 0 unspecified atom stereocenters. The largest absolute Gasteiger partial charge is 0.370 e. The molecule has 3 aromatic rings. The molecule has 3 rings (SSSR count). The molecule has 0 saturated carbocycles. The maximum absolute atomic E-state index is 6.01. The Morgan fingerprint density at radius 2 is 1.89 bits per heavy atom. The molecular weight excluding hydrogens is 449 g/mol. The lowest BCUT2D eigenvalue weighted by Gasteiger charge is -2.09. The molecule has 0 bridgehead atoms. The molecule has 0 aliphatic carbocycles. The Kier molecular flexibility index (Phi) is 7.84. The number of anilines is 1. The van der Waals surface area contributed by atoms with Gasteiger partial charge in [0, 0.05) is 37.6 Å². The van der Waals surface area contributed by atoms with Crippen molar-refractivity contribution in [2.45, 2.75) is 26.8 Å². The highest BCUT2D eigenvalue weighted by molar-refractivity contribution is 14.0. The number of guanidine groups is 1. The van der Waals surface area contributed by atoms with Crippen molar-refractivity contribution in [2.75, 3.05) is 11.9 Å². The third-order valence-electron chi connectivity index (χ3n) is 4.39. The standard InChI is InChI=1S/C21H25N5.HI/c1-16-8-9-19(14-17(16)2)25-21(22)24-11-10-20-23-12-13-26(20)15-18-6-4-3-5-7-18;/h3-9,12-14H,10-11,15H2,1-2H3,(H3,22,24,25);1H. The highest BCUT2D eigenvalue weighted by atomic mass is 127. The summed E-state index contributed by atoms with van der Waals surface area (Å²) in [6.07, 6.45) is 4.58. The smallest absolute Gasteiger partial charge is 0.193 e. The van der Waals surface area contributed by atoms with Crippen LogP contribution >= 0.6 is 24.0 Å². The van der Waals surface area contributed by atoms with Crippen molar-refractivity contribution >= 4 is 35.6 Å². The van der Waals surface area contributed by atoms with Crippen molar-refractivity contribution in [2.24, 2.45) is 10.7 Å². The first-order valence-corrected chi connectivity index (χ1v) is 8.80. The lowest BCUT2D eigenvalue weighted by molar-refractivity contribution is 0.716. The molecule has 0 spiro atoms. The average Bonchev–Trinajstić information content (AvgIpc) is 3.06. The molecule has 6 heteroatoms. The molecule has 1 heterocycles. The van der Waals surface area contributed by atoms with Crippen LogP contribution in [-0.2, 0) is 13.0 Å². The molecular formula is C21H26IN5. The number of rotatable bonds is 6. The van der Waals surface area contributed by atoms with Crippen LogP contribution in [0.3, 0.4) is 0 Å². The summed E-state index contributed by atoms with van der Waals surface area (Å²) in [5.74, 6) is 1.44. The van der Waals surface area contributed by atoms with E-state index in [0.29, 0.717) is 12.5 Å². The molecule has 0 aliphatic heterocycles. The number of benzene rings is 2. The summed E-state index contributed by atoms with van der Waals surface area (Å²) < 4.78 is 2.15. The Labute approximate surface area is 177 Å². The van der Waals surface area contributed by atoms with Crippen LogP contribution in [0.5, 0.6) is 0 Å². The van der Waals surface area contributed by atoms with Crippen molar-refractivity contribution in [3.63, 3.8) is 0 Å². The maximum Gasteiger partial charge on any atom is 0.193 e. The number of aryl methyl sites for hydroxylation is 2. The van der Waals surface area contributed by atoms with E-state index in [-0.39, 0.29) is 24.0 Å². The molecule has 142 valence electrons. The monoisotopic (exact) mass is 475 g/mol. The Balaban J connectivity index is 0.00000261. The Morgan fingerprint density at radius 3 is 2.63 bits per heavy atom. The van der Waals surface area contributed by atoms with Crippen LogP contribution in [0.1, 0.15) is 22.5 Å². The van der Waals surface area contributed by atoms with Crippen molar-refractivity contribution in [3.05, 3.63) is 83.4 Å². The first kappa shape index (κ1) is 21.0. The van der Waals surface area contributed by atoms with Crippen molar-refractivity contribution in [1.82, 2.24) is 9.55 Å². The fraction of sp³-hybridized carbons (Fsp3) is 0.238. The van der Waals surface area contributed by atoms with Crippen molar-refractivity contribution in [3.8, 4) is 0 Å². The third-order valence-corrected chi connectivity index (χ3v) is 4.39.